The van der Waals surface area contributed by atoms with Gasteiger partial charge in [-0.25, -0.2) is 0 Å². The first-order valence-corrected chi connectivity index (χ1v) is 4.47. The first-order valence-electron chi connectivity index (χ1n) is 4.47. The molecule has 0 radical (unpaired) electrons. The Bertz CT molecular complexity index is 116. The third kappa shape index (κ3) is 6.11. The number of aliphatic hydroxyl groups excluding tert-OH is 1. The third-order valence-corrected chi connectivity index (χ3v) is 2.07. The second-order valence-corrected chi connectivity index (χ2v) is 3.27. The molecule has 0 fully saturated rings. The lowest BCUT2D eigenvalue weighted by atomic mass is 10.0. The van der Waals surface area contributed by atoms with E-state index in [-0.39, 0.29) is 6.61 Å². The molecule has 0 aromatic heterocycles. The largest absolute Gasteiger partial charge is 0.396 e. The number of allylic oxidation sites excluding steroid dienone is 1. The van der Waals surface area contributed by atoms with Crippen molar-refractivity contribution in [1.82, 2.24) is 0 Å². The molecule has 0 bridgehead atoms. The van der Waals surface area contributed by atoms with Gasteiger partial charge in [0.25, 0.3) is 0 Å². The van der Waals surface area contributed by atoms with E-state index in [1.807, 2.05) is 0 Å². The minimum Gasteiger partial charge on any atom is -0.396 e. The molecule has 0 aromatic rings. The standard InChI is InChI=1S/C10H20O/c1-4-9(2)5-6-10(3)7-8-11/h6,9,11H,4-5,7-8H2,1-3H3. The highest BCUT2D eigenvalue weighted by atomic mass is 16.2. The summed E-state index contributed by atoms with van der Waals surface area (Å²) in [6.07, 6.45) is 5.46. The summed E-state index contributed by atoms with van der Waals surface area (Å²) in [6.45, 7) is 6.82. The van der Waals surface area contributed by atoms with Crippen LogP contribution in [0.4, 0.5) is 0 Å². The van der Waals surface area contributed by atoms with E-state index in [0.717, 1.165) is 18.8 Å². The van der Waals surface area contributed by atoms with E-state index in [9.17, 15) is 0 Å². The normalized spacial score (nSPS) is 15.1. The fourth-order valence-corrected chi connectivity index (χ4v) is 0.847. The molecule has 0 aliphatic carbocycles. The molecule has 0 spiro atoms. The maximum Gasteiger partial charge on any atom is 0.0468 e. The van der Waals surface area contributed by atoms with E-state index in [1.54, 1.807) is 0 Å². The Morgan fingerprint density at radius 1 is 1.55 bits per heavy atom. The molecule has 1 heteroatoms. The fraction of sp³-hybridized carbons (Fsp3) is 0.800. The predicted molar refractivity (Wildman–Crippen MR) is 49.5 cm³/mol. The van der Waals surface area contributed by atoms with Crippen molar-refractivity contribution < 1.29 is 5.11 Å². The van der Waals surface area contributed by atoms with Gasteiger partial charge in [0.2, 0.25) is 0 Å². The zero-order chi connectivity index (χ0) is 8.69. The minimum absolute atomic E-state index is 0.281. The minimum atomic E-state index is 0.281. The van der Waals surface area contributed by atoms with Gasteiger partial charge in [0.05, 0.1) is 0 Å². The monoisotopic (exact) mass is 156 g/mol. The van der Waals surface area contributed by atoms with Gasteiger partial charge in [-0.1, -0.05) is 31.9 Å². The summed E-state index contributed by atoms with van der Waals surface area (Å²) in [5.41, 5.74) is 1.31. The fourth-order valence-electron chi connectivity index (χ4n) is 0.847. The van der Waals surface area contributed by atoms with Gasteiger partial charge >= 0.3 is 0 Å². The zero-order valence-corrected chi connectivity index (χ0v) is 7.93. The van der Waals surface area contributed by atoms with Crippen LogP contribution in [0.3, 0.4) is 0 Å². The molecule has 66 valence electrons. The van der Waals surface area contributed by atoms with E-state index < -0.39 is 0 Å². The van der Waals surface area contributed by atoms with Gasteiger partial charge in [0.1, 0.15) is 0 Å². The van der Waals surface area contributed by atoms with Crippen LogP contribution in [-0.4, -0.2) is 11.7 Å². The summed E-state index contributed by atoms with van der Waals surface area (Å²) >= 11 is 0. The topological polar surface area (TPSA) is 20.2 Å². The van der Waals surface area contributed by atoms with E-state index in [1.165, 1.54) is 12.0 Å². The molecular formula is C10H20O. The van der Waals surface area contributed by atoms with E-state index in [0.29, 0.717) is 0 Å². The quantitative estimate of drug-likeness (QED) is 0.607. The average Bonchev–Trinajstić information content (AvgIpc) is 2.01. The molecular weight excluding hydrogens is 136 g/mol. The molecule has 0 amide bonds. The molecule has 1 nitrogen and oxygen atoms in total. The van der Waals surface area contributed by atoms with E-state index in [2.05, 4.69) is 26.8 Å². The lowest BCUT2D eigenvalue weighted by molar-refractivity contribution is 0.299. The number of rotatable bonds is 5. The molecule has 1 N–H and O–H groups in total. The molecule has 0 aromatic carbocycles. The van der Waals surface area contributed by atoms with Crippen LogP contribution in [0.25, 0.3) is 0 Å². The van der Waals surface area contributed by atoms with Gasteiger partial charge in [-0.15, -0.1) is 0 Å². The van der Waals surface area contributed by atoms with E-state index >= 15 is 0 Å². The third-order valence-electron chi connectivity index (χ3n) is 2.07. The van der Waals surface area contributed by atoms with Gasteiger partial charge in [0, 0.05) is 6.61 Å². The number of aliphatic hydroxyl groups is 1. The van der Waals surface area contributed by atoms with Crippen molar-refractivity contribution in [3.63, 3.8) is 0 Å². The van der Waals surface area contributed by atoms with Crippen LogP contribution in [-0.2, 0) is 0 Å². The Hall–Kier alpha value is -0.300. The van der Waals surface area contributed by atoms with Crippen LogP contribution in [0, 0.1) is 5.92 Å². The molecule has 1 unspecified atom stereocenters. The summed E-state index contributed by atoms with van der Waals surface area (Å²) in [5, 5.41) is 8.62. The molecule has 11 heavy (non-hydrogen) atoms. The van der Waals surface area contributed by atoms with Crippen molar-refractivity contribution in [1.29, 1.82) is 0 Å². The zero-order valence-electron chi connectivity index (χ0n) is 7.93. The first-order chi connectivity index (χ1) is 5.20. The first kappa shape index (κ1) is 10.7. The second-order valence-electron chi connectivity index (χ2n) is 3.27. The summed E-state index contributed by atoms with van der Waals surface area (Å²) in [5.74, 6) is 0.781. The lowest BCUT2D eigenvalue weighted by Crippen LogP contribution is -1.90. The molecule has 0 aliphatic rings. The van der Waals surface area contributed by atoms with Gasteiger partial charge in [0.15, 0.2) is 0 Å². The molecule has 0 heterocycles. The lowest BCUT2D eigenvalue weighted by Gasteiger charge is -2.04. The van der Waals surface area contributed by atoms with Crippen molar-refractivity contribution in [3.05, 3.63) is 11.6 Å². The number of hydrogen-bond donors (Lipinski definition) is 1. The van der Waals surface area contributed by atoms with Crippen LogP contribution in [0.2, 0.25) is 0 Å². The Morgan fingerprint density at radius 3 is 2.64 bits per heavy atom. The molecule has 0 saturated carbocycles. The van der Waals surface area contributed by atoms with Crippen LogP contribution < -0.4 is 0 Å². The van der Waals surface area contributed by atoms with Gasteiger partial charge < -0.3 is 5.11 Å². The highest BCUT2D eigenvalue weighted by molar-refractivity contribution is 4.97. The van der Waals surface area contributed by atoms with Crippen molar-refractivity contribution in [3.8, 4) is 0 Å². The molecule has 0 aliphatic heterocycles. The molecule has 1 atom stereocenters. The van der Waals surface area contributed by atoms with Gasteiger partial charge in [-0.2, -0.15) is 0 Å². The maximum atomic E-state index is 8.62. The summed E-state index contributed by atoms with van der Waals surface area (Å²) in [7, 11) is 0. The Labute approximate surface area is 70.1 Å². The van der Waals surface area contributed by atoms with Gasteiger partial charge in [-0.05, 0) is 25.7 Å². The van der Waals surface area contributed by atoms with Crippen molar-refractivity contribution in [2.75, 3.05) is 6.61 Å². The summed E-state index contributed by atoms with van der Waals surface area (Å²) in [4.78, 5) is 0. The van der Waals surface area contributed by atoms with Gasteiger partial charge in [-0.3, -0.25) is 0 Å². The SMILES string of the molecule is CCC(C)CC=C(C)CCO. The second kappa shape index (κ2) is 6.41. The van der Waals surface area contributed by atoms with Crippen LogP contribution in [0.1, 0.15) is 40.0 Å². The maximum absolute atomic E-state index is 8.62. The molecule has 0 saturated heterocycles. The van der Waals surface area contributed by atoms with Crippen molar-refractivity contribution in [2.24, 2.45) is 5.92 Å². The Balaban J connectivity index is 3.54. The summed E-state index contributed by atoms with van der Waals surface area (Å²) < 4.78 is 0. The van der Waals surface area contributed by atoms with Crippen molar-refractivity contribution in [2.45, 2.75) is 40.0 Å². The van der Waals surface area contributed by atoms with Crippen LogP contribution >= 0.6 is 0 Å². The predicted octanol–water partition coefficient (Wildman–Crippen LogP) is 2.75. The van der Waals surface area contributed by atoms with E-state index in [4.69, 9.17) is 5.11 Å². The smallest absolute Gasteiger partial charge is 0.0468 e. The van der Waals surface area contributed by atoms with Crippen LogP contribution in [0.5, 0.6) is 0 Å². The molecule has 0 rings (SSSR count). The number of hydrogen-bond acceptors (Lipinski definition) is 1. The van der Waals surface area contributed by atoms with Crippen LogP contribution in [0.15, 0.2) is 11.6 Å². The Kier molecular flexibility index (Phi) is 6.24. The average molecular weight is 156 g/mol. The summed E-state index contributed by atoms with van der Waals surface area (Å²) in [6, 6.07) is 0. The van der Waals surface area contributed by atoms with Crippen molar-refractivity contribution >= 4 is 0 Å². The highest BCUT2D eigenvalue weighted by Crippen LogP contribution is 2.10. The highest BCUT2D eigenvalue weighted by Gasteiger charge is 1.95. The Morgan fingerprint density at radius 2 is 2.18 bits per heavy atom.